The van der Waals surface area contributed by atoms with Crippen LogP contribution in [0.3, 0.4) is 0 Å². The first kappa shape index (κ1) is 17.4. The monoisotopic (exact) mass is 332 g/mol. The fraction of sp³-hybridized carbons (Fsp3) is 0.632. The summed E-state index contributed by atoms with van der Waals surface area (Å²) in [6.45, 7) is 9.09. The molecule has 0 radical (unpaired) electrons. The number of benzene rings is 1. The zero-order valence-corrected chi connectivity index (χ0v) is 14.5. The number of carbonyl (C=O) groups is 1. The highest BCUT2D eigenvalue weighted by Crippen LogP contribution is 2.24. The molecular weight excluding hydrogens is 304 g/mol. The van der Waals surface area contributed by atoms with Crippen molar-refractivity contribution in [3.05, 3.63) is 29.8 Å². The van der Waals surface area contributed by atoms with Crippen LogP contribution in [0.4, 0.5) is 0 Å². The minimum absolute atomic E-state index is 0.112. The summed E-state index contributed by atoms with van der Waals surface area (Å²) in [6, 6.07) is 7.16. The summed E-state index contributed by atoms with van der Waals surface area (Å²) in [5.74, 6) is 0.537. The van der Waals surface area contributed by atoms with E-state index in [4.69, 9.17) is 4.74 Å². The minimum Gasteiger partial charge on any atom is -0.508 e. The first-order chi connectivity index (χ1) is 11.6. The number of nitrogens with zero attached hydrogens (tertiary/aromatic N) is 2. The van der Waals surface area contributed by atoms with Gasteiger partial charge in [0.1, 0.15) is 5.75 Å². The molecule has 1 atom stereocenters. The Morgan fingerprint density at radius 2 is 1.79 bits per heavy atom. The number of aromatic hydroxyl groups is 1. The molecular formula is C19H28N2O3. The standard InChI is InChI=1S/C19H28N2O3/c1-15(14-20-10-12-24-13-11-20)21-8-6-17(7-9-21)19(23)16-2-4-18(22)5-3-16/h2-5,15,17,22H,6-14H2,1H3/t15-/m0/s1. The number of hydrogen-bond acceptors (Lipinski definition) is 5. The van der Waals surface area contributed by atoms with Crippen molar-refractivity contribution in [1.29, 1.82) is 0 Å². The molecule has 0 aliphatic carbocycles. The summed E-state index contributed by atoms with van der Waals surface area (Å²) >= 11 is 0. The largest absolute Gasteiger partial charge is 0.508 e. The summed E-state index contributed by atoms with van der Waals surface area (Å²) in [7, 11) is 0. The van der Waals surface area contributed by atoms with Gasteiger partial charge < -0.3 is 9.84 Å². The Labute approximate surface area is 144 Å². The number of rotatable bonds is 5. The molecule has 24 heavy (non-hydrogen) atoms. The van der Waals surface area contributed by atoms with Gasteiger partial charge in [0.25, 0.3) is 0 Å². The fourth-order valence-corrected chi connectivity index (χ4v) is 3.74. The van der Waals surface area contributed by atoms with Gasteiger partial charge in [-0.15, -0.1) is 0 Å². The van der Waals surface area contributed by atoms with E-state index in [1.165, 1.54) is 0 Å². The summed E-state index contributed by atoms with van der Waals surface area (Å²) in [5.41, 5.74) is 0.715. The molecule has 2 aliphatic heterocycles. The third-order valence-corrected chi connectivity index (χ3v) is 5.30. The second kappa shape index (κ2) is 8.10. The average Bonchev–Trinajstić information content (AvgIpc) is 2.63. The topological polar surface area (TPSA) is 53.0 Å². The lowest BCUT2D eigenvalue weighted by atomic mass is 9.88. The lowest BCUT2D eigenvalue weighted by Gasteiger charge is -2.38. The molecule has 0 unspecified atom stereocenters. The SMILES string of the molecule is C[C@@H](CN1CCOCC1)N1CCC(C(=O)c2ccc(O)cc2)CC1. The Balaban J connectivity index is 1.47. The molecule has 1 aromatic rings. The first-order valence-electron chi connectivity index (χ1n) is 9.01. The molecule has 0 spiro atoms. The summed E-state index contributed by atoms with van der Waals surface area (Å²) in [4.78, 5) is 17.6. The van der Waals surface area contributed by atoms with Gasteiger partial charge in [0.05, 0.1) is 13.2 Å². The van der Waals surface area contributed by atoms with Gasteiger partial charge in [-0.3, -0.25) is 14.6 Å². The Hall–Kier alpha value is -1.43. The molecule has 0 saturated carbocycles. The van der Waals surface area contributed by atoms with Crippen LogP contribution in [0.2, 0.25) is 0 Å². The van der Waals surface area contributed by atoms with Gasteiger partial charge in [-0.05, 0) is 57.1 Å². The molecule has 0 bridgehead atoms. The van der Waals surface area contributed by atoms with Crippen LogP contribution in [-0.4, -0.2) is 72.7 Å². The van der Waals surface area contributed by atoms with E-state index in [1.807, 2.05) is 0 Å². The molecule has 0 amide bonds. The van der Waals surface area contributed by atoms with Crippen molar-refractivity contribution >= 4 is 5.78 Å². The van der Waals surface area contributed by atoms with Crippen LogP contribution in [-0.2, 0) is 4.74 Å². The van der Waals surface area contributed by atoms with Gasteiger partial charge in [0.2, 0.25) is 0 Å². The van der Waals surface area contributed by atoms with Crippen LogP contribution < -0.4 is 0 Å². The van der Waals surface area contributed by atoms with Crippen LogP contribution in [0.5, 0.6) is 5.75 Å². The van der Waals surface area contributed by atoms with Crippen LogP contribution in [0, 0.1) is 5.92 Å². The fourth-order valence-electron chi connectivity index (χ4n) is 3.74. The number of phenolic OH excluding ortho intramolecular Hbond substituents is 1. The molecule has 5 nitrogen and oxygen atoms in total. The highest BCUT2D eigenvalue weighted by atomic mass is 16.5. The molecule has 1 aromatic carbocycles. The van der Waals surface area contributed by atoms with E-state index in [9.17, 15) is 9.90 Å². The summed E-state index contributed by atoms with van der Waals surface area (Å²) < 4.78 is 5.41. The van der Waals surface area contributed by atoms with Crippen LogP contribution in [0.25, 0.3) is 0 Å². The second-order valence-electron chi connectivity index (χ2n) is 6.98. The zero-order chi connectivity index (χ0) is 16.9. The lowest BCUT2D eigenvalue weighted by Crippen LogP contribution is -2.49. The summed E-state index contributed by atoms with van der Waals surface area (Å²) in [6.07, 6.45) is 1.85. The Morgan fingerprint density at radius 3 is 2.42 bits per heavy atom. The number of carbonyl (C=O) groups excluding carboxylic acids is 1. The van der Waals surface area contributed by atoms with Gasteiger partial charge in [-0.25, -0.2) is 0 Å². The third-order valence-electron chi connectivity index (χ3n) is 5.30. The van der Waals surface area contributed by atoms with Crippen LogP contribution in [0.15, 0.2) is 24.3 Å². The van der Waals surface area contributed by atoms with Crippen molar-refractivity contribution in [3.8, 4) is 5.75 Å². The Morgan fingerprint density at radius 1 is 1.17 bits per heavy atom. The molecule has 2 saturated heterocycles. The van der Waals surface area contributed by atoms with E-state index < -0.39 is 0 Å². The number of hydrogen-bond donors (Lipinski definition) is 1. The summed E-state index contributed by atoms with van der Waals surface area (Å²) in [5, 5.41) is 9.35. The maximum Gasteiger partial charge on any atom is 0.166 e. The van der Waals surface area contributed by atoms with Crippen molar-refractivity contribution < 1.29 is 14.6 Å². The number of piperidine rings is 1. The lowest BCUT2D eigenvalue weighted by molar-refractivity contribution is 0.0204. The number of ether oxygens (including phenoxy) is 1. The zero-order valence-electron chi connectivity index (χ0n) is 14.5. The van der Waals surface area contributed by atoms with Crippen molar-refractivity contribution in [3.63, 3.8) is 0 Å². The maximum absolute atomic E-state index is 12.6. The number of morpholine rings is 1. The highest BCUT2D eigenvalue weighted by Gasteiger charge is 2.28. The number of likely N-dealkylation sites (tertiary alicyclic amines) is 1. The van der Waals surface area contributed by atoms with Crippen molar-refractivity contribution in [2.24, 2.45) is 5.92 Å². The van der Waals surface area contributed by atoms with Crippen molar-refractivity contribution in [2.75, 3.05) is 45.9 Å². The number of phenols is 1. The predicted octanol–water partition coefficient (Wildman–Crippen LogP) is 2.01. The third kappa shape index (κ3) is 4.35. The van der Waals surface area contributed by atoms with Crippen LogP contribution >= 0.6 is 0 Å². The molecule has 3 rings (SSSR count). The molecule has 1 N–H and O–H groups in total. The Bertz CT molecular complexity index is 532. The number of Topliss-reactive ketones (excluding diaryl/α,β-unsaturated/α-hetero) is 1. The van der Waals surface area contributed by atoms with Gasteiger partial charge in [0, 0.05) is 37.2 Å². The first-order valence-corrected chi connectivity index (χ1v) is 9.01. The van der Waals surface area contributed by atoms with E-state index in [2.05, 4.69) is 16.7 Å². The highest BCUT2D eigenvalue weighted by molar-refractivity contribution is 5.98. The van der Waals surface area contributed by atoms with Gasteiger partial charge in [0.15, 0.2) is 5.78 Å². The molecule has 5 heteroatoms. The normalized spacial score (nSPS) is 22.4. The van der Waals surface area contributed by atoms with E-state index in [0.717, 1.165) is 58.8 Å². The van der Waals surface area contributed by atoms with Gasteiger partial charge >= 0.3 is 0 Å². The minimum atomic E-state index is 0.112. The predicted molar refractivity (Wildman–Crippen MR) is 93.5 cm³/mol. The van der Waals surface area contributed by atoms with E-state index in [-0.39, 0.29) is 17.5 Å². The van der Waals surface area contributed by atoms with Crippen LogP contribution in [0.1, 0.15) is 30.1 Å². The molecule has 2 fully saturated rings. The Kier molecular flexibility index (Phi) is 5.87. The molecule has 132 valence electrons. The van der Waals surface area contributed by atoms with Gasteiger partial charge in [-0.1, -0.05) is 0 Å². The second-order valence-corrected chi connectivity index (χ2v) is 6.98. The maximum atomic E-state index is 12.6. The van der Waals surface area contributed by atoms with E-state index in [1.54, 1.807) is 24.3 Å². The molecule has 2 heterocycles. The number of ketones is 1. The van der Waals surface area contributed by atoms with E-state index in [0.29, 0.717) is 11.6 Å². The average molecular weight is 332 g/mol. The van der Waals surface area contributed by atoms with Crippen molar-refractivity contribution in [1.82, 2.24) is 9.80 Å². The molecule has 2 aliphatic rings. The van der Waals surface area contributed by atoms with Gasteiger partial charge in [-0.2, -0.15) is 0 Å². The van der Waals surface area contributed by atoms with Crippen molar-refractivity contribution in [2.45, 2.75) is 25.8 Å². The molecule has 0 aromatic heterocycles. The quantitative estimate of drug-likeness (QED) is 0.836. The van der Waals surface area contributed by atoms with E-state index >= 15 is 0 Å². The smallest absolute Gasteiger partial charge is 0.166 e.